The molecule has 2 atom stereocenters. The zero-order valence-electron chi connectivity index (χ0n) is 20.1. The Morgan fingerprint density at radius 3 is 2.27 bits per heavy atom. The van der Waals surface area contributed by atoms with E-state index in [9.17, 15) is 23.1 Å². The monoisotopic (exact) mass is 540 g/mol. The molecule has 0 aliphatic heterocycles. The third kappa shape index (κ3) is 5.60. The predicted molar refractivity (Wildman–Crippen MR) is 141 cm³/mol. The fraction of sp³-hybridized carbons (Fsp3) is 0.185. The van der Waals surface area contributed by atoms with E-state index >= 15 is 0 Å². The number of ether oxygens (including phenoxy) is 1. The molecule has 0 saturated carbocycles. The number of carbonyl (C=O) groups is 2. The summed E-state index contributed by atoms with van der Waals surface area (Å²) in [5.74, 6) is -1.55. The van der Waals surface area contributed by atoms with Gasteiger partial charge in [-0.05, 0) is 42.8 Å². The van der Waals surface area contributed by atoms with Crippen molar-refractivity contribution >= 4 is 44.3 Å². The van der Waals surface area contributed by atoms with E-state index in [1.807, 2.05) is 66.2 Å². The molecular formula is C27H25ClN2O6S. The number of aromatic nitrogens is 1. The van der Waals surface area contributed by atoms with Gasteiger partial charge in [-0.2, -0.15) is 4.72 Å². The quantitative estimate of drug-likeness (QED) is 0.245. The van der Waals surface area contributed by atoms with Gasteiger partial charge < -0.3 is 14.4 Å². The number of carbonyl (C=O) groups excluding carboxylic acids is 2. The van der Waals surface area contributed by atoms with Crippen molar-refractivity contribution in [2.45, 2.75) is 24.0 Å². The van der Waals surface area contributed by atoms with Crippen molar-refractivity contribution < 1.29 is 27.9 Å². The molecule has 192 valence electrons. The molecule has 0 unspecified atom stereocenters. The number of esters is 1. The molecule has 0 radical (unpaired) electrons. The van der Waals surface area contributed by atoms with E-state index in [0.717, 1.165) is 11.1 Å². The number of nitrogens with one attached hydrogen (secondary N) is 1. The Kier molecular flexibility index (Phi) is 7.79. The SMILES string of the molecule is C[C@@H](O)[C@@H](NS(=O)(=O)c1ccc(Cl)cc1)C(=O)OCC(=O)c1c(-c2ccccc2)n(C)c2ccccc12. The maximum absolute atomic E-state index is 13.4. The molecule has 3 aromatic carbocycles. The first-order valence-corrected chi connectivity index (χ1v) is 13.2. The molecule has 2 N–H and O–H groups in total. The maximum Gasteiger partial charge on any atom is 0.327 e. The summed E-state index contributed by atoms with van der Waals surface area (Å²) in [7, 11) is -2.33. The molecule has 0 aliphatic rings. The number of nitrogens with zero attached hydrogens (tertiary/aromatic N) is 1. The van der Waals surface area contributed by atoms with Crippen molar-refractivity contribution in [3.8, 4) is 11.3 Å². The molecule has 0 aliphatic carbocycles. The average molecular weight is 541 g/mol. The molecule has 1 aromatic heterocycles. The Balaban J connectivity index is 1.58. The minimum atomic E-state index is -4.18. The summed E-state index contributed by atoms with van der Waals surface area (Å²) < 4.78 is 34.7. The first-order valence-electron chi connectivity index (χ1n) is 11.4. The van der Waals surface area contributed by atoms with Gasteiger partial charge in [-0.3, -0.25) is 9.59 Å². The number of para-hydroxylation sites is 1. The molecule has 10 heteroatoms. The summed E-state index contributed by atoms with van der Waals surface area (Å²) in [5, 5.41) is 11.2. The van der Waals surface area contributed by atoms with Gasteiger partial charge in [0.05, 0.1) is 22.3 Å². The standard InChI is InChI=1S/C27H25ClN2O6S/c1-17(31)25(29-37(34,35)20-14-12-19(28)13-15-20)27(33)36-16-23(32)24-21-10-6-7-11-22(21)30(2)26(24)18-8-4-3-5-9-18/h3-15,17,25,29,31H,16H2,1-2H3/t17-,25-/m1/s1. The highest BCUT2D eigenvalue weighted by Gasteiger charge is 2.32. The fourth-order valence-corrected chi connectivity index (χ4v) is 5.48. The van der Waals surface area contributed by atoms with Gasteiger partial charge in [-0.15, -0.1) is 0 Å². The van der Waals surface area contributed by atoms with Crippen LogP contribution in [-0.4, -0.2) is 48.6 Å². The zero-order valence-corrected chi connectivity index (χ0v) is 21.7. The molecule has 0 fully saturated rings. The predicted octanol–water partition coefficient (Wildman–Crippen LogP) is 3.95. The second kappa shape index (κ2) is 10.9. The van der Waals surface area contributed by atoms with Crippen LogP contribution in [0.4, 0.5) is 0 Å². The average Bonchev–Trinajstić information content (AvgIpc) is 3.19. The molecule has 0 spiro atoms. The van der Waals surface area contributed by atoms with Crippen LogP contribution in [-0.2, 0) is 26.6 Å². The van der Waals surface area contributed by atoms with Crippen molar-refractivity contribution in [1.82, 2.24) is 9.29 Å². The van der Waals surface area contributed by atoms with E-state index in [2.05, 4.69) is 4.72 Å². The Labute approximate surface area is 219 Å². The number of fused-ring (bicyclic) bond motifs is 1. The fourth-order valence-electron chi connectivity index (χ4n) is 4.10. The van der Waals surface area contributed by atoms with Gasteiger partial charge in [0, 0.05) is 23.0 Å². The van der Waals surface area contributed by atoms with E-state index in [1.165, 1.54) is 31.2 Å². The summed E-state index contributed by atoms with van der Waals surface area (Å²) in [5.41, 5.74) is 2.69. The topological polar surface area (TPSA) is 115 Å². The number of sulfonamides is 1. The first kappa shape index (κ1) is 26.6. The number of benzene rings is 3. The van der Waals surface area contributed by atoms with Gasteiger partial charge in [0.15, 0.2) is 6.61 Å². The summed E-state index contributed by atoms with van der Waals surface area (Å²) in [6.07, 6.45) is -1.43. The molecule has 0 bridgehead atoms. The van der Waals surface area contributed by atoms with Crippen molar-refractivity contribution in [3.63, 3.8) is 0 Å². The summed E-state index contributed by atoms with van der Waals surface area (Å²) in [4.78, 5) is 26.1. The Hall–Kier alpha value is -3.50. The molecule has 1 heterocycles. The van der Waals surface area contributed by atoms with Gasteiger partial charge in [0.1, 0.15) is 6.04 Å². The minimum absolute atomic E-state index is 0.144. The molecule has 37 heavy (non-hydrogen) atoms. The lowest BCUT2D eigenvalue weighted by atomic mass is 10.0. The van der Waals surface area contributed by atoms with Crippen LogP contribution in [0.2, 0.25) is 5.02 Å². The third-order valence-corrected chi connectivity index (χ3v) is 7.63. The van der Waals surface area contributed by atoms with E-state index < -0.39 is 40.5 Å². The molecule has 4 rings (SSSR count). The lowest BCUT2D eigenvalue weighted by Gasteiger charge is -2.20. The van der Waals surface area contributed by atoms with Crippen molar-refractivity contribution in [1.29, 1.82) is 0 Å². The number of ketones is 1. The second-order valence-corrected chi connectivity index (χ2v) is 10.6. The summed E-state index contributed by atoms with van der Waals surface area (Å²) in [6.45, 7) is 0.606. The van der Waals surface area contributed by atoms with Gasteiger partial charge in [0.2, 0.25) is 15.8 Å². The second-order valence-electron chi connectivity index (χ2n) is 8.49. The number of aliphatic hydroxyl groups excluding tert-OH is 1. The van der Waals surface area contributed by atoms with E-state index in [-0.39, 0.29) is 4.90 Å². The Morgan fingerprint density at radius 2 is 1.62 bits per heavy atom. The molecule has 4 aromatic rings. The Morgan fingerprint density at radius 1 is 1.00 bits per heavy atom. The van der Waals surface area contributed by atoms with Gasteiger partial charge in [-0.1, -0.05) is 60.1 Å². The number of hydrogen-bond acceptors (Lipinski definition) is 6. The van der Waals surface area contributed by atoms with E-state index in [4.69, 9.17) is 16.3 Å². The number of aryl methyl sites for hydroxylation is 1. The van der Waals surface area contributed by atoms with Crippen molar-refractivity contribution in [2.24, 2.45) is 7.05 Å². The number of Topliss-reactive ketones (excluding diaryl/α,β-unsaturated/α-hetero) is 1. The minimum Gasteiger partial charge on any atom is -0.456 e. The highest BCUT2D eigenvalue weighted by Crippen LogP contribution is 2.33. The van der Waals surface area contributed by atoms with E-state index in [1.54, 1.807) is 0 Å². The van der Waals surface area contributed by atoms with E-state index in [0.29, 0.717) is 21.7 Å². The van der Waals surface area contributed by atoms with Gasteiger partial charge >= 0.3 is 5.97 Å². The largest absolute Gasteiger partial charge is 0.456 e. The maximum atomic E-state index is 13.4. The van der Waals surface area contributed by atoms with Gasteiger partial charge in [0.25, 0.3) is 0 Å². The molecule has 8 nitrogen and oxygen atoms in total. The molecular weight excluding hydrogens is 516 g/mol. The van der Waals surface area contributed by atoms with Crippen LogP contribution in [0.15, 0.2) is 83.8 Å². The van der Waals surface area contributed by atoms with Crippen LogP contribution >= 0.6 is 11.6 Å². The number of rotatable bonds is 9. The number of hydrogen-bond donors (Lipinski definition) is 2. The summed E-state index contributed by atoms with van der Waals surface area (Å²) >= 11 is 5.82. The lowest BCUT2D eigenvalue weighted by molar-refractivity contribution is -0.147. The van der Waals surface area contributed by atoms with Crippen molar-refractivity contribution in [2.75, 3.05) is 6.61 Å². The number of halogens is 1. The lowest BCUT2D eigenvalue weighted by Crippen LogP contribution is -2.48. The third-order valence-electron chi connectivity index (χ3n) is 5.92. The van der Waals surface area contributed by atoms with Crippen LogP contribution < -0.4 is 4.72 Å². The highest BCUT2D eigenvalue weighted by molar-refractivity contribution is 7.89. The normalized spacial score (nSPS) is 13.3. The smallest absolute Gasteiger partial charge is 0.327 e. The van der Waals surface area contributed by atoms with Crippen LogP contribution in [0.3, 0.4) is 0 Å². The Bertz CT molecular complexity index is 1550. The molecule has 0 amide bonds. The molecule has 0 saturated heterocycles. The van der Waals surface area contributed by atoms with Crippen molar-refractivity contribution in [3.05, 3.63) is 89.4 Å². The van der Waals surface area contributed by atoms with Crippen LogP contribution in [0.1, 0.15) is 17.3 Å². The van der Waals surface area contributed by atoms with Crippen LogP contribution in [0.5, 0.6) is 0 Å². The van der Waals surface area contributed by atoms with Crippen LogP contribution in [0.25, 0.3) is 22.2 Å². The number of aliphatic hydroxyl groups is 1. The summed E-state index contributed by atoms with van der Waals surface area (Å²) in [6, 6.07) is 20.4. The van der Waals surface area contributed by atoms with Gasteiger partial charge in [-0.25, -0.2) is 8.42 Å². The van der Waals surface area contributed by atoms with Crippen LogP contribution in [0, 0.1) is 0 Å². The first-order chi connectivity index (χ1) is 17.6. The highest BCUT2D eigenvalue weighted by atomic mass is 35.5. The zero-order chi connectivity index (χ0) is 26.7.